The number of carbonyl (C=O) groups is 3. The third-order valence-corrected chi connectivity index (χ3v) is 3.64. The molecule has 8 heteroatoms. The highest BCUT2D eigenvalue weighted by Gasteiger charge is 2.32. The van der Waals surface area contributed by atoms with E-state index in [0.29, 0.717) is 22.8 Å². The predicted octanol–water partition coefficient (Wildman–Crippen LogP) is 1.56. The van der Waals surface area contributed by atoms with Gasteiger partial charge < -0.3 is 18.9 Å². The van der Waals surface area contributed by atoms with Crippen molar-refractivity contribution in [1.82, 2.24) is 0 Å². The van der Waals surface area contributed by atoms with Gasteiger partial charge in [0.1, 0.15) is 25.0 Å². The third-order valence-electron chi connectivity index (χ3n) is 3.64. The summed E-state index contributed by atoms with van der Waals surface area (Å²) in [6.45, 7) is 5.72. The average Bonchev–Trinajstić information content (AvgIpc) is 3.02. The van der Waals surface area contributed by atoms with Gasteiger partial charge in [0.05, 0.1) is 0 Å². The summed E-state index contributed by atoms with van der Waals surface area (Å²) in [4.78, 5) is 38.0. The molecule has 1 aliphatic rings. The molecule has 0 N–H and O–H groups in total. The smallest absolute Gasteiger partial charge is 0.308 e. The zero-order chi connectivity index (χ0) is 19.3. The fourth-order valence-electron chi connectivity index (χ4n) is 2.48. The lowest BCUT2D eigenvalue weighted by atomic mass is 10.1. The third kappa shape index (κ3) is 5.05. The largest absolute Gasteiger partial charge is 0.475 e. The SMILES string of the molecule is CC(=O)OC[C@H](OC(C)=O)[C@@H]1COC(c2cccc(OC(C)=O)c2C)=N1. The molecule has 2 rings (SSSR count). The molecule has 0 fully saturated rings. The Balaban J connectivity index is 2.22. The van der Waals surface area contributed by atoms with Crippen LogP contribution in [0.4, 0.5) is 0 Å². The molecule has 0 bridgehead atoms. The van der Waals surface area contributed by atoms with Gasteiger partial charge in [0.25, 0.3) is 0 Å². The van der Waals surface area contributed by atoms with Crippen LogP contribution in [-0.2, 0) is 28.6 Å². The molecular formula is C18H21NO7. The van der Waals surface area contributed by atoms with Crippen LogP contribution in [0.15, 0.2) is 23.2 Å². The standard InChI is InChI=1S/C18H21NO7/c1-10-14(6-5-7-16(10)25-12(3)21)18-19-15(8-24-18)17(26-13(4)22)9-23-11(2)20/h5-7,15,17H,8-9H2,1-4H3/t15-,17-/m0/s1. The zero-order valence-corrected chi connectivity index (χ0v) is 15.1. The molecule has 0 aromatic heterocycles. The van der Waals surface area contributed by atoms with Crippen molar-refractivity contribution in [2.45, 2.75) is 39.8 Å². The number of aliphatic imine (C=N–C) groups is 1. The summed E-state index contributed by atoms with van der Waals surface area (Å²) in [6.07, 6.45) is -0.745. The first kappa shape index (κ1) is 19.4. The Morgan fingerprint density at radius 2 is 1.92 bits per heavy atom. The van der Waals surface area contributed by atoms with Crippen LogP contribution >= 0.6 is 0 Å². The Bertz CT molecular complexity index is 741. The van der Waals surface area contributed by atoms with Crippen molar-refractivity contribution in [3.63, 3.8) is 0 Å². The predicted molar refractivity (Wildman–Crippen MR) is 91.0 cm³/mol. The minimum atomic E-state index is -0.745. The average molecular weight is 363 g/mol. The molecule has 0 radical (unpaired) electrons. The van der Waals surface area contributed by atoms with Gasteiger partial charge in [0, 0.05) is 31.9 Å². The van der Waals surface area contributed by atoms with Crippen molar-refractivity contribution in [3.8, 4) is 5.75 Å². The van der Waals surface area contributed by atoms with Gasteiger partial charge in [0.15, 0.2) is 6.10 Å². The molecule has 0 saturated heterocycles. The van der Waals surface area contributed by atoms with Crippen molar-refractivity contribution < 1.29 is 33.3 Å². The van der Waals surface area contributed by atoms with Crippen LogP contribution in [0.2, 0.25) is 0 Å². The molecule has 0 aliphatic carbocycles. The van der Waals surface area contributed by atoms with Gasteiger partial charge >= 0.3 is 17.9 Å². The Hall–Kier alpha value is -2.90. The highest BCUT2D eigenvalue weighted by Crippen LogP contribution is 2.25. The van der Waals surface area contributed by atoms with Crippen LogP contribution in [-0.4, -0.2) is 49.2 Å². The van der Waals surface area contributed by atoms with Crippen molar-refractivity contribution in [2.24, 2.45) is 4.99 Å². The number of ether oxygens (including phenoxy) is 4. The number of esters is 3. The molecule has 26 heavy (non-hydrogen) atoms. The zero-order valence-electron chi connectivity index (χ0n) is 15.1. The van der Waals surface area contributed by atoms with E-state index in [1.54, 1.807) is 25.1 Å². The molecule has 1 aromatic rings. The molecule has 140 valence electrons. The maximum absolute atomic E-state index is 11.3. The maximum Gasteiger partial charge on any atom is 0.308 e. The summed E-state index contributed by atoms with van der Waals surface area (Å²) in [5, 5.41) is 0. The van der Waals surface area contributed by atoms with Crippen molar-refractivity contribution in [1.29, 1.82) is 0 Å². The van der Waals surface area contributed by atoms with Crippen LogP contribution in [0.3, 0.4) is 0 Å². The van der Waals surface area contributed by atoms with Gasteiger partial charge in [0.2, 0.25) is 5.90 Å². The van der Waals surface area contributed by atoms with E-state index in [0.717, 1.165) is 0 Å². The summed E-state index contributed by atoms with van der Waals surface area (Å²) in [5.41, 5.74) is 1.37. The van der Waals surface area contributed by atoms with Crippen LogP contribution < -0.4 is 4.74 Å². The fourth-order valence-corrected chi connectivity index (χ4v) is 2.48. The van der Waals surface area contributed by atoms with E-state index in [4.69, 9.17) is 18.9 Å². The van der Waals surface area contributed by atoms with E-state index in [1.807, 2.05) is 0 Å². The summed E-state index contributed by atoms with van der Waals surface area (Å²) < 4.78 is 20.9. The topological polar surface area (TPSA) is 100 Å². The van der Waals surface area contributed by atoms with Crippen molar-refractivity contribution >= 4 is 23.8 Å². The van der Waals surface area contributed by atoms with Gasteiger partial charge in [-0.1, -0.05) is 6.07 Å². The number of carbonyl (C=O) groups excluding carboxylic acids is 3. The Kier molecular flexibility index (Phi) is 6.32. The van der Waals surface area contributed by atoms with E-state index >= 15 is 0 Å². The van der Waals surface area contributed by atoms with E-state index < -0.39 is 30.1 Å². The second kappa shape index (κ2) is 8.46. The summed E-state index contributed by atoms with van der Waals surface area (Å²) in [6, 6.07) is 4.68. The normalized spacial score (nSPS) is 16.9. The maximum atomic E-state index is 11.3. The van der Waals surface area contributed by atoms with Gasteiger partial charge in [-0.25, -0.2) is 4.99 Å². The molecule has 1 aliphatic heterocycles. The highest BCUT2D eigenvalue weighted by atomic mass is 16.6. The summed E-state index contributed by atoms with van der Waals surface area (Å²) in [5.74, 6) is -0.634. The lowest BCUT2D eigenvalue weighted by molar-refractivity contribution is -0.157. The Morgan fingerprint density at radius 1 is 1.19 bits per heavy atom. The molecular weight excluding hydrogens is 342 g/mol. The number of hydrogen-bond acceptors (Lipinski definition) is 8. The van der Waals surface area contributed by atoms with E-state index in [9.17, 15) is 14.4 Å². The van der Waals surface area contributed by atoms with E-state index in [1.165, 1.54) is 20.8 Å². The van der Waals surface area contributed by atoms with Crippen molar-refractivity contribution in [2.75, 3.05) is 13.2 Å². The number of nitrogens with zero attached hydrogens (tertiary/aromatic N) is 1. The first-order valence-corrected chi connectivity index (χ1v) is 8.07. The lowest BCUT2D eigenvalue weighted by Crippen LogP contribution is -2.35. The van der Waals surface area contributed by atoms with Gasteiger partial charge in [-0.2, -0.15) is 0 Å². The molecule has 0 amide bonds. The Morgan fingerprint density at radius 3 is 2.54 bits per heavy atom. The van der Waals surface area contributed by atoms with Gasteiger partial charge in [-0.05, 0) is 19.1 Å². The molecule has 1 aromatic carbocycles. The number of hydrogen-bond donors (Lipinski definition) is 0. The quantitative estimate of drug-likeness (QED) is 0.558. The first-order chi connectivity index (χ1) is 12.3. The van der Waals surface area contributed by atoms with Crippen LogP contribution in [0.1, 0.15) is 31.9 Å². The molecule has 0 spiro atoms. The molecule has 1 heterocycles. The monoisotopic (exact) mass is 363 g/mol. The minimum Gasteiger partial charge on any atom is -0.475 e. The highest BCUT2D eigenvalue weighted by molar-refractivity contribution is 5.97. The number of benzene rings is 1. The van der Waals surface area contributed by atoms with Gasteiger partial charge in [-0.3, -0.25) is 14.4 Å². The van der Waals surface area contributed by atoms with Crippen molar-refractivity contribution in [3.05, 3.63) is 29.3 Å². The van der Waals surface area contributed by atoms with E-state index in [2.05, 4.69) is 4.99 Å². The second-order valence-corrected chi connectivity index (χ2v) is 5.79. The van der Waals surface area contributed by atoms with Crippen LogP contribution in [0.5, 0.6) is 5.75 Å². The fraction of sp³-hybridized carbons (Fsp3) is 0.444. The Labute approximate surface area is 151 Å². The molecule has 0 saturated carbocycles. The minimum absolute atomic E-state index is 0.105. The van der Waals surface area contributed by atoms with Crippen LogP contribution in [0, 0.1) is 6.92 Å². The molecule has 0 unspecified atom stereocenters. The molecule has 8 nitrogen and oxygen atoms in total. The molecule has 2 atom stereocenters. The van der Waals surface area contributed by atoms with Crippen LogP contribution in [0.25, 0.3) is 0 Å². The lowest BCUT2D eigenvalue weighted by Gasteiger charge is -2.19. The summed E-state index contributed by atoms with van der Waals surface area (Å²) >= 11 is 0. The second-order valence-electron chi connectivity index (χ2n) is 5.79. The summed E-state index contributed by atoms with van der Waals surface area (Å²) in [7, 11) is 0. The van der Waals surface area contributed by atoms with E-state index in [-0.39, 0.29) is 13.2 Å². The number of rotatable bonds is 6. The first-order valence-electron chi connectivity index (χ1n) is 8.07. The van der Waals surface area contributed by atoms with Gasteiger partial charge in [-0.15, -0.1) is 0 Å².